The van der Waals surface area contributed by atoms with Gasteiger partial charge in [-0.1, -0.05) is 24.2 Å². The molecule has 25 heavy (non-hydrogen) atoms. The number of thioether (sulfide) groups is 1. The summed E-state index contributed by atoms with van der Waals surface area (Å²) in [5, 5.41) is 10.3. The molecular weight excluding hydrogens is 358 g/mol. The van der Waals surface area contributed by atoms with Crippen LogP contribution in [0.4, 0.5) is 0 Å². The van der Waals surface area contributed by atoms with Crippen LogP contribution in [0.5, 0.6) is 0 Å². The van der Waals surface area contributed by atoms with Gasteiger partial charge in [0.2, 0.25) is 0 Å². The first-order chi connectivity index (χ1) is 11.5. The van der Waals surface area contributed by atoms with Crippen molar-refractivity contribution in [2.45, 2.75) is 44.4 Å². The second kappa shape index (κ2) is 10.5. The number of nitrogens with one attached hydrogen (secondary N) is 2. The van der Waals surface area contributed by atoms with Crippen LogP contribution in [0.1, 0.15) is 41.2 Å². The smallest absolute Gasteiger partial charge is 0.252 e. The van der Waals surface area contributed by atoms with E-state index >= 15 is 0 Å². The number of rotatable bonds is 8. The van der Waals surface area contributed by atoms with Gasteiger partial charge < -0.3 is 15.2 Å². The maximum absolute atomic E-state index is 12.5. The molecule has 138 valence electrons. The first-order valence-corrected chi connectivity index (χ1v) is 9.16. The highest BCUT2D eigenvalue weighted by atomic mass is 35.5. The summed E-state index contributed by atoms with van der Waals surface area (Å²) >= 11 is 1.63. The fourth-order valence-electron chi connectivity index (χ4n) is 2.40. The molecule has 2 rings (SSSR count). The van der Waals surface area contributed by atoms with Gasteiger partial charge in [0, 0.05) is 28.8 Å². The highest BCUT2D eigenvalue weighted by Gasteiger charge is 2.14. The van der Waals surface area contributed by atoms with Crippen molar-refractivity contribution >= 4 is 30.1 Å². The zero-order valence-electron chi connectivity index (χ0n) is 15.1. The summed E-state index contributed by atoms with van der Waals surface area (Å²) in [4.78, 5) is 13.5. The number of carbonyl (C=O) groups is 1. The molecule has 1 heterocycles. The van der Waals surface area contributed by atoms with Gasteiger partial charge >= 0.3 is 0 Å². The maximum Gasteiger partial charge on any atom is 0.252 e. The number of likely N-dealkylation sites (N-methyl/N-ethyl adjacent to an activating group) is 1. The Morgan fingerprint density at radius 1 is 1.32 bits per heavy atom. The van der Waals surface area contributed by atoms with Crippen LogP contribution in [0.15, 0.2) is 33.7 Å². The van der Waals surface area contributed by atoms with Crippen molar-refractivity contribution < 1.29 is 9.32 Å². The predicted molar refractivity (Wildman–Crippen MR) is 105 cm³/mol. The molecule has 0 fully saturated rings. The molecule has 0 aliphatic rings. The van der Waals surface area contributed by atoms with Gasteiger partial charge in [-0.25, -0.2) is 0 Å². The third kappa shape index (κ3) is 6.06. The van der Waals surface area contributed by atoms with E-state index in [2.05, 4.69) is 29.6 Å². The molecule has 0 unspecified atom stereocenters. The highest BCUT2D eigenvalue weighted by molar-refractivity contribution is 7.98. The second-order valence-corrected chi connectivity index (χ2v) is 6.77. The second-order valence-electron chi connectivity index (χ2n) is 5.76. The van der Waals surface area contributed by atoms with E-state index in [4.69, 9.17) is 4.52 Å². The summed E-state index contributed by atoms with van der Waals surface area (Å²) in [6.45, 7) is 9.46. The molecular formula is C18H26ClN3O2S. The van der Waals surface area contributed by atoms with Crippen LogP contribution in [0, 0.1) is 13.8 Å². The van der Waals surface area contributed by atoms with Gasteiger partial charge in [-0.15, -0.1) is 24.2 Å². The number of benzene rings is 1. The lowest BCUT2D eigenvalue weighted by atomic mass is 10.2. The number of hydrogen-bond donors (Lipinski definition) is 2. The minimum Gasteiger partial charge on any atom is -0.361 e. The lowest BCUT2D eigenvalue weighted by Crippen LogP contribution is -2.38. The predicted octanol–water partition coefficient (Wildman–Crippen LogP) is 3.73. The molecule has 1 aromatic heterocycles. The molecule has 5 nitrogen and oxygen atoms in total. The quantitative estimate of drug-likeness (QED) is 0.680. The van der Waals surface area contributed by atoms with Gasteiger partial charge in [-0.3, -0.25) is 4.79 Å². The van der Waals surface area contributed by atoms with E-state index < -0.39 is 0 Å². The normalized spacial score (nSPS) is 11.7. The number of aryl methyl sites for hydroxylation is 2. The number of amides is 1. The van der Waals surface area contributed by atoms with Crippen molar-refractivity contribution in [3.05, 3.63) is 46.8 Å². The Bertz CT molecular complexity index is 671. The molecule has 1 amide bonds. The highest BCUT2D eigenvalue weighted by Crippen LogP contribution is 2.28. The Labute approximate surface area is 159 Å². The van der Waals surface area contributed by atoms with E-state index in [1.807, 2.05) is 38.1 Å². The van der Waals surface area contributed by atoms with Crippen molar-refractivity contribution in [1.29, 1.82) is 0 Å². The molecule has 1 atom stereocenters. The summed E-state index contributed by atoms with van der Waals surface area (Å²) in [6.07, 6.45) is 0. The number of hydrogen-bond acceptors (Lipinski definition) is 5. The van der Waals surface area contributed by atoms with Crippen molar-refractivity contribution in [2.75, 3.05) is 13.1 Å². The maximum atomic E-state index is 12.5. The van der Waals surface area contributed by atoms with Crippen molar-refractivity contribution in [2.24, 2.45) is 0 Å². The summed E-state index contributed by atoms with van der Waals surface area (Å²) in [7, 11) is 0. The minimum atomic E-state index is -0.0402. The lowest BCUT2D eigenvalue weighted by Gasteiger charge is -2.14. The van der Waals surface area contributed by atoms with Gasteiger partial charge in [0.05, 0.1) is 11.3 Å². The van der Waals surface area contributed by atoms with Gasteiger partial charge in [0.15, 0.2) is 0 Å². The van der Waals surface area contributed by atoms with Gasteiger partial charge in [0.25, 0.3) is 5.91 Å². The molecule has 0 aliphatic carbocycles. The first-order valence-electron chi connectivity index (χ1n) is 8.18. The van der Waals surface area contributed by atoms with Crippen LogP contribution in [0.3, 0.4) is 0 Å². The number of aromatic nitrogens is 1. The van der Waals surface area contributed by atoms with E-state index in [0.29, 0.717) is 12.1 Å². The Kier molecular flexibility index (Phi) is 9.03. The molecule has 0 saturated heterocycles. The molecule has 0 radical (unpaired) electrons. The molecule has 2 aromatic rings. The van der Waals surface area contributed by atoms with Gasteiger partial charge in [0.1, 0.15) is 5.76 Å². The molecule has 0 aliphatic heterocycles. The van der Waals surface area contributed by atoms with Crippen molar-refractivity contribution in [1.82, 2.24) is 15.8 Å². The van der Waals surface area contributed by atoms with Gasteiger partial charge in [-0.2, -0.15) is 0 Å². The van der Waals surface area contributed by atoms with Crippen molar-refractivity contribution in [3.63, 3.8) is 0 Å². The largest absolute Gasteiger partial charge is 0.361 e. The fraction of sp³-hybridized carbons (Fsp3) is 0.444. The molecule has 0 saturated carbocycles. The summed E-state index contributed by atoms with van der Waals surface area (Å²) in [5.41, 5.74) is 2.70. The summed E-state index contributed by atoms with van der Waals surface area (Å²) < 4.78 is 5.20. The molecule has 0 bridgehead atoms. The average Bonchev–Trinajstić information content (AvgIpc) is 2.89. The summed E-state index contributed by atoms with van der Waals surface area (Å²) in [5.74, 6) is 1.53. The molecule has 7 heteroatoms. The molecule has 2 N–H and O–H groups in total. The Hall–Kier alpha value is -1.50. The summed E-state index contributed by atoms with van der Waals surface area (Å²) in [6, 6.07) is 7.94. The van der Waals surface area contributed by atoms with E-state index in [1.165, 1.54) is 0 Å². The van der Waals surface area contributed by atoms with Crippen LogP contribution in [0.2, 0.25) is 0 Å². The minimum absolute atomic E-state index is 0. The fourth-order valence-corrected chi connectivity index (χ4v) is 3.60. The lowest BCUT2D eigenvalue weighted by molar-refractivity contribution is 0.0947. The molecule has 0 spiro atoms. The van der Waals surface area contributed by atoms with E-state index in [0.717, 1.165) is 34.2 Å². The van der Waals surface area contributed by atoms with Crippen molar-refractivity contribution in [3.8, 4) is 0 Å². The number of carbonyl (C=O) groups excluding carboxylic acids is 1. The number of halogens is 1. The van der Waals surface area contributed by atoms with Crippen LogP contribution < -0.4 is 10.6 Å². The van der Waals surface area contributed by atoms with Crippen LogP contribution >= 0.6 is 24.2 Å². The van der Waals surface area contributed by atoms with Crippen LogP contribution in [-0.2, 0) is 5.75 Å². The van der Waals surface area contributed by atoms with E-state index in [-0.39, 0.29) is 24.4 Å². The Balaban J connectivity index is 0.00000312. The topological polar surface area (TPSA) is 67.2 Å². The first kappa shape index (κ1) is 21.5. The zero-order chi connectivity index (χ0) is 17.5. The Morgan fingerprint density at radius 2 is 2.04 bits per heavy atom. The van der Waals surface area contributed by atoms with Crippen LogP contribution in [-0.4, -0.2) is 30.2 Å². The third-order valence-electron chi connectivity index (χ3n) is 3.81. The number of nitrogens with zero attached hydrogens (tertiary/aromatic N) is 1. The monoisotopic (exact) mass is 383 g/mol. The van der Waals surface area contributed by atoms with E-state index in [1.54, 1.807) is 11.8 Å². The molecule has 1 aromatic carbocycles. The standard InChI is InChI=1S/C18H25N3O2S.ClH/c1-5-19-12(2)10-20-18(22)15-8-6-7-9-17(15)24-11-16-13(3)21-23-14(16)4;/h6-9,12,19H,5,10-11H2,1-4H3,(H,20,22);1H/t12-;/m1./s1. The Morgan fingerprint density at radius 3 is 2.68 bits per heavy atom. The van der Waals surface area contributed by atoms with E-state index in [9.17, 15) is 4.79 Å². The van der Waals surface area contributed by atoms with Crippen LogP contribution in [0.25, 0.3) is 0 Å². The average molecular weight is 384 g/mol. The zero-order valence-corrected chi connectivity index (χ0v) is 16.7. The SMILES string of the molecule is CCN[C@H](C)CNC(=O)c1ccccc1SCc1c(C)noc1C.Cl. The van der Waals surface area contributed by atoms with Gasteiger partial charge in [-0.05, 0) is 39.4 Å². The third-order valence-corrected chi connectivity index (χ3v) is 4.91.